The van der Waals surface area contributed by atoms with Gasteiger partial charge < -0.3 is 19.5 Å². The molecule has 1 heterocycles. The van der Waals surface area contributed by atoms with Crippen LogP contribution in [0.3, 0.4) is 0 Å². The van der Waals surface area contributed by atoms with E-state index in [1.54, 1.807) is 13.3 Å². The smallest absolute Gasteiger partial charge is 0.126 e. The van der Waals surface area contributed by atoms with Gasteiger partial charge >= 0.3 is 0 Å². The third-order valence-electron chi connectivity index (χ3n) is 2.25. The summed E-state index contributed by atoms with van der Waals surface area (Å²) >= 11 is 0. The Morgan fingerprint density at radius 1 is 1.17 bits per heavy atom. The minimum atomic E-state index is 0.578. The van der Waals surface area contributed by atoms with Crippen LogP contribution in [0, 0.1) is 0 Å². The highest BCUT2D eigenvalue weighted by Crippen LogP contribution is 2.07. The molecule has 0 bridgehead atoms. The summed E-state index contributed by atoms with van der Waals surface area (Å²) in [6.07, 6.45) is 1.78. The lowest BCUT2D eigenvalue weighted by molar-refractivity contribution is 0.0199. The lowest BCUT2D eigenvalue weighted by Crippen LogP contribution is -2.08. The summed E-state index contributed by atoms with van der Waals surface area (Å²) in [6, 6.07) is 3.95. The van der Waals surface area contributed by atoms with E-state index >= 15 is 0 Å². The van der Waals surface area contributed by atoms with Crippen molar-refractivity contribution in [3.63, 3.8) is 0 Å². The lowest BCUT2D eigenvalue weighted by atomic mass is 10.3. The Balaban J connectivity index is 2.13. The van der Waals surface area contributed by atoms with Crippen molar-refractivity contribution in [1.29, 1.82) is 0 Å². The summed E-state index contributed by atoms with van der Waals surface area (Å²) in [5, 5.41) is 3.17. The minimum absolute atomic E-state index is 0.578. The van der Waals surface area contributed by atoms with Crippen LogP contribution in [0.1, 0.15) is 12.5 Å². The third kappa shape index (κ3) is 6.54. The van der Waals surface area contributed by atoms with Gasteiger partial charge in [-0.15, -0.1) is 0 Å². The van der Waals surface area contributed by atoms with Crippen molar-refractivity contribution in [2.45, 2.75) is 13.5 Å². The number of anilines is 1. The van der Waals surface area contributed by atoms with E-state index < -0.39 is 0 Å². The molecule has 0 atom stereocenters. The first kappa shape index (κ1) is 14.9. The topological polar surface area (TPSA) is 52.6 Å². The fourth-order valence-electron chi connectivity index (χ4n) is 1.39. The van der Waals surface area contributed by atoms with Gasteiger partial charge in [-0.2, -0.15) is 0 Å². The Morgan fingerprint density at radius 2 is 1.94 bits per heavy atom. The molecule has 1 rings (SSSR count). The normalized spacial score (nSPS) is 10.6. The van der Waals surface area contributed by atoms with E-state index in [4.69, 9.17) is 14.2 Å². The highest BCUT2D eigenvalue weighted by atomic mass is 16.5. The maximum atomic E-state index is 5.51. The molecule has 0 saturated heterocycles. The molecule has 0 unspecified atom stereocenters. The molecule has 0 fully saturated rings. The Bertz CT molecular complexity index is 321. The van der Waals surface area contributed by atoms with Crippen molar-refractivity contribution in [2.24, 2.45) is 0 Å². The summed E-state index contributed by atoms with van der Waals surface area (Å²) in [7, 11) is 1.66. The fourth-order valence-corrected chi connectivity index (χ4v) is 1.39. The molecule has 1 aromatic heterocycles. The van der Waals surface area contributed by atoms with E-state index in [2.05, 4.69) is 10.3 Å². The average molecular weight is 254 g/mol. The number of aromatic nitrogens is 1. The average Bonchev–Trinajstić information content (AvgIpc) is 2.39. The highest BCUT2D eigenvalue weighted by Gasteiger charge is 1.97. The molecule has 5 nitrogen and oxygen atoms in total. The molecule has 5 heteroatoms. The maximum Gasteiger partial charge on any atom is 0.126 e. The predicted molar refractivity (Wildman–Crippen MR) is 70.8 cm³/mol. The zero-order valence-electron chi connectivity index (χ0n) is 11.1. The van der Waals surface area contributed by atoms with E-state index in [9.17, 15) is 0 Å². The molecule has 0 aliphatic heterocycles. The van der Waals surface area contributed by atoms with Gasteiger partial charge in [-0.1, -0.05) is 0 Å². The maximum absolute atomic E-state index is 5.51. The first-order valence-electron chi connectivity index (χ1n) is 6.20. The second-order valence-corrected chi connectivity index (χ2v) is 3.74. The minimum Gasteiger partial charge on any atom is -0.382 e. The number of hydrogen-bond donors (Lipinski definition) is 1. The van der Waals surface area contributed by atoms with Crippen molar-refractivity contribution in [2.75, 3.05) is 45.4 Å². The summed E-state index contributed by atoms with van der Waals surface area (Å²) < 4.78 is 15.7. The fraction of sp³-hybridized carbons (Fsp3) is 0.615. The first-order valence-corrected chi connectivity index (χ1v) is 6.20. The molecular formula is C13H22N2O3. The van der Waals surface area contributed by atoms with Gasteiger partial charge in [0, 0.05) is 19.9 Å². The van der Waals surface area contributed by atoms with Crippen LogP contribution >= 0.6 is 0 Å². The van der Waals surface area contributed by atoms with Gasteiger partial charge in [0.1, 0.15) is 5.82 Å². The van der Waals surface area contributed by atoms with Gasteiger partial charge in [0.25, 0.3) is 0 Å². The van der Waals surface area contributed by atoms with Crippen molar-refractivity contribution >= 4 is 5.82 Å². The Hall–Kier alpha value is -1.17. The monoisotopic (exact) mass is 254 g/mol. The van der Waals surface area contributed by atoms with Crippen molar-refractivity contribution in [3.8, 4) is 0 Å². The molecule has 0 aromatic carbocycles. The van der Waals surface area contributed by atoms with E-state index in [1.165, 1.54) is 0 Å². The molecule has 0 aliphatic carbocycles. The number of ether oxygens (including phenoxy) is 3. The second kappa shape index (κ2) is 9.82. The zero-order valence-corrected chi connectivity index (χ0v) is 11.1. The molecule has 18 heavy (non-hydrogen) atoms. The van der Waals surface area contributed by atoms with Crippen LogP contribution in [0.5, 0.6) is 0 Å². The number of pyridine rings is 1. The SMILES string of the molecule is CCNc1cc(COCCOCCOC)ccn1. The van der Waals surface area contributed by atoms with Crippen LogP contribution in [0.25, 0.3) is 0 Å². The molecule has 0 radical (unpaired) electrons. The van der Waals surface area contributed by atoms with Crippen LogP contribution in [0.4, 0.5) is 5.82 Å². The van der Waals surface area contributed by atoms with Crippen LogP contribution in [0.2, 0.25) is 0 Å². The highest BCUT2D eigenvalue weighted by molar-refractivity contribution is 5.36. The molecule has 0 saturated carbocycles. The number of rotatable bonds is 10. The summed E-state index contributed by atoms with van der Waals surface area (Å²) in [6.45, 7) is 5.90. The van der Waals surface area contributed by atoms with Crippen molar-refractivity contribution in [3.05, 3.63) is 23.9 Å². The lowest BCUT2D eigenvalue weighted by Gasteiger charge is -2.07. The molecule has 0 amide bonds. The quantitative estimate of drug-likeness (QED) is 0.644. The first-order chi connectivity index (χ1) is 8.86. The Labute approximate surface area is 108 Å². The van der Waals surface area contributed by atoms with Gasteiger partial charge in [0.15, 0.2) is 0 Å². The predicted octanol–water partition coefficient (Wildman–Crippen LogP) is 1.69. The van der Waals surface area contributed by atoms with E-state index in [1.807, 2.05) is 19.1 Å². The Morgan fingerprint density at radius 3 is 2.72 bits per heavy atom. The van der Waals surface area contributed by atoms with E-state index in [0.29, 0.717) is 33.0 Å². The van der Waals surface area contributed by atoms with Crippen LogP contribution < -0.4 is 5.32 Å². The van der Waals surface area contributed by atoms with Gasteiger partial charge in [0.05, 0.1) is 33.0 Å². The summed E-state index contributed by atoms with van der Waals surface area (Å²) in [4.78, 5) is 4.20. The largest absolute Gasteiger partial charge is 0.382 e. The molecular weight excluding hydrogens is 232 g/mol. The van der Waals surface area contributed by atoms with Gasteiger partial charge in [-0.3, -0.25) is 0 Å². The number of methoxy groups -OCH3 is 1. The van der Waals surface area contributed by atoms with E-state index in [0.717, 1.165) is 17.9 Å². The number of nitrogens with one attached hydrogen (secondary N) is 1. The third-order valence-corrected chi connectivity index (χ3v) is 2.25. The zero-order chi connectivity index (χ0) is 13.1. The van der Waals surface area contributed by atoms with Gasteiger partial charge in [-0.25, -0.2) is 4.98 Å². The van der Waals surface area contributed by atoms with Crippen LogP contribution in [-0.2, 0) is 20.8 Å². The van der Waals surface area contributed by atoms with Crippen molar-refractivity contribution < 1.29 is 14.2 Å². The second-order valence-electron chi connectivity index (χ2n) is 3.74. The molecule has 102 valence electrons. The van der Waals surface area contributed by atoms with Gasteiger partial charge in [0.2, 0.25) is 0 Å². The van der Waals surface area contributed by atoms with Crippen LogP contribution in [0.15, 0.2) is 18.3 Å². The molecule has 1 aromatic rings. The Kier molecular flexibility index (Phi) is 8.12. The van der Waals surface area contributed by atoms with E-state index in [-0.39, 0.29) is 0 Å². The molecule has 1 N–H and O–H groups in total. The van der Waals surface area contributed by atoms with Gasteiger partial charge in [-0.05, 0) is 24.6 Å². The number of hydrogen-bond acceptors (Lipinski definition) is 5. The summed E-state index contributed by atoms with van der Waals surface area (Å²) in [5.41, 5.74) is 1.11. The molecule has 0 spiro atoms. The molecule has 0 aliphatic rings. The number of nitrogens with zero attached hydrogens (tertiary/aromatic N) is 1. The van der Waals surface area contributed by atoms with Crippen LogP contribution in [-0.4, -0.2) is 45.1 Å². The van der Waals surface area contributed by atoms with Crippen molar-refractivity contribution in [1.82, 2.24) is 4.98 Å². The summed E-state index contributed by atoms with van der Waals surface area (Å²) in [5.74, 6) is 0.884. The standard InChI is InChI=1S/C13H22N2O3/c1-3-14-13-10-12(4-5-15-13)11-18-9-8-17-7-6-16-2/h4-5,10H,3,6-9,11H2,1-2H3,(H,14,15).